The zero-order valence-electron chi connectivity index (χ0n) is 10.7. The predicted molar refractivity (Wildman–Crippen MR) is 69.9 cm³/mol. The van der Waals surface area contributed by atoms with Crippen LogP contribution in [0.3, 0.4) is 0 Å². The van der Waals surface area contributed by atoms with Crippen molar-refractivity contribution in [3.05, 3.63) is 30.1 Å². The Labute approximate surface area is 103 Å². The van der Waals surface area contributed by atoms with Gasteiger partial charge in [0, 0.05) is 31.4 Å². The SMILES string of the molecule is CC[C@@H]1CN(c2ccc(F)cc2)CCN1CC. The molecule has 0 bridgehead atoms. The van der Waals surface area contributed by atoms with Gasteiger partial charge in [0.05, 0.1) is 0 Å². The third-order valence-corrected chi connectivity index (χ3v) is 3.67. The minimum absolute atomic E-state index is 0.159. The number of anilines is 1. The second-order valence-electron chi connectivity index (χ2n) is 4.61. The molecule has 0 spiro atoms. The number of piperazine rings is 1. The summed E-state index contributed by atoms with van der Waals surface area (Å²) in [7, 11) is 0. The Kier molecular flexibility index (Phi) is 4.00. The summed E-state index contributed by atoms with van der Waals surface area (Å²) in [6.07, 6.45) is 1.17. The molecular weight excluding hydrogens is 215 g/mol. The Hall–Kier alpha value is -1.09. The first-order valence-corrected chi connectivity index (χ1v) is 6.49. The Morgan fingerprint density at radius 3 is 2.47 bits per heavy atom. The first-order valence-electron chi connectivity index (χ1n) is 6.49. The number of hydrogen-bond donors (Lipinski definition) is 0. The van der Waals surface area contributed by atoms with Crippen LogP contribution >= 0.6 is 0 Å². The molecule has 0 amide bonds. The van der Waals surface area contributed by atoms with Gasteiger partial charge >= 0.3 is 0 Å². The molecule has 0 aromatic heterocycles. The summed E-state index contributed by atoms with van der Waals surface area (Å²) in [5.74, 6) is -0.159. The van der Waals surface area contributed by atoms with Crippen molar-refractivity contribution in [1.29, 1.82) is 0 Å². The van der Waals surface area contributed by atoms with Gasteiger partial charge in [-0.2, -0.15) is 0 Å². The molecular formula is C14H21FN2. The average molecular weight is 236 g/mol. The van der Waals surface area contributed by atoms with Gasteiger partial charge < -0.3 is 4.90 Å². The van der Waals surface area contributed by atoms with Crippen LogP contribution in [-0.2, 0) is 0 Å². The van der Waals surface area contributed by atoms with E-state index >= 15 is 0 Å². The molecule has 1 heterocycles. The van der Waals surface area contributed by atoms with Crippen molar-refractivity contribution in [2.75, 3.05) is 31.1 Å². The second kappa shape index (κ2) is 5.50. The predicted octanol–water partition coefficient (Wildman–Crippen LogP) is 2.75. The Balaban J connectivity index is 2.06. The van der Waals surface area contributed by atoms with Gasteiger partial charge in [-0.15, -0.1) is 0 Å². The Bertz CT molecular complexity index is 350. The molecule has 1 aliphatic heterocycles. The molecule has 3 heteroatoms. The molecule has 2 nitrogen and oxygen atoms in total. The van der Waals surface area contributed by atoms with Crippen molar-refractivity contribution in [3.63, 3.8) is 0 Å². The van der Waals surface area contributed by atoms with Crippen molar-refractivity contribution >= 4 is 5.69 Å². The zero-order chi connectivity index (χ0) is 12.3. The van der Waals surface area contributed by atoms with Crippen LogP contribution in [0.2, 0.25) is 0 Å². The lowest BCUT2D eigenvalue weighted by molar-refractivity contribution is 0.181. The van der Waals surface area contributed by atoms with Gasteiger partial charge in [-0.1, -0.05) is 13.8 Å². The number of likely N-dealkylation sites (N-methyl/N-ethyl adjacent to an activating group) is 1. The molecule has 17 heavy (non-hydrogen) atoms. The Morgan fingerprint density at radius 1 is 1.18 bits per heavy atom. The number of nitrogens with zero attached hydrogens (tertiary/aromatic N) is 2. The van der Waals surface area contributed by atoms with Crippen LogP contribution in [0.5, 0.6) is 0 Å². The van der Waals surface area contributed by atoms with Gasteiger partial charge in [-0.25, -0.2) is 4.39 Å². The maximum atomic E-state index is 12.9. The Morgan fingerprint density at radius 2 is 1.88 bits per heavy atom. The van der Waals surface area contributed by atoms with Gasteiger partial charge in [-0.3, -0.25) is 4.90 Å². The first kappa shape index (κ1) is 12.4. The highest BCUT2D eigenvalue weighted by Gasteiger charge is 2.24. The van der Waals surface area contributed by atoms with Crippen LogP contribution in [0.1, 0.15) is 20.3 Å². The standard InChI is InChI=1S/C14H21FN2/c1-3-13-11-17(10-9-16(13)4-2)14-7-5-12(15)6-8-14/h5-8,13H,3-4,9-11H2,1-2H3/t13-/m1/s1. The highest BCUT2D eigenvalue weighted by Crippen LogP contribution is 2.20. The smallest absolute Gasteiger partial charge is 0.123 e. The summed E-state index contributed by atoms with van der Waals surface area (Å²) >= 11 is 0. The maximum absolute atomic E-state index is 12.9. The minimum atomic E-state index is -0.159. The lowest BCUT2D eigenvalue weighted by atomic mass is 10.1. The molecule has 94 valence electrons. The van der Waals surface area contributed by atoms with Crippen LogP contribution in [0.25, 0.3) is 0 Å². The van der Waals surface area contributed by atoms with Crippen molar-refractivity contribution < 1.29 is 4.39 Å². The van der Waals surface area contributed by atoms with Crippen molar-refractivity contribution in [1.82, 2.24) is 4.90 Å². The fraction of sp³-hybridized carbons (Fsp3) is 0.571. The largest absolute Gasteiger partial charge is 0.369 e. The quantitative estimate of drug-likeness (QED) is 0.796. The van der Waals surface area contributed by atoms with E-state index in [1.807, 2.05) is 12.1 Å². The molecule has 1 atom stereocenters. The topological polar surface area (TPSA) is 6.48 Å². The number of rotatable bonds is 3. The summed E-state index contributed by atoms with van der Waals surface area (Å²) in [5.41, 5.74) is 1.14. The van der Waals surface area contributed by atoms with E-state index in [2.05, 4.69) is 23.6 Å². The van der Waals surface area contributed by atoms with E-state index in [9.17, 15) is 4.39 Å². The summed E-state index contributed by atoms with van der Waals surface area (Å²) in [6, 6.07) is 7.47. The molecule has 0 saturated carbocycles. The van der Waals surface area contributed by atoms with Gasteiger partial charge in [0.1, 0.15) is 5.82 Å². The molecule has 1 aliphatic rings. The fourth-order valence-electron chi connectivity index (χ4n) is 2.58. The summed E-state index contributed by atoms with van der Waals surface area (Å²) < 4.78 is 12.9. The van der Waals surface area contributed by atoms with E-state index in [1.165, 1.54) is 6.42 Å². The van der Waals surface area contributed by atoms with Crippen LogP contribution in [-0.4, -0.2) is 37.1 Å². The third kappa shape index (κ3) is 2.78. The zero-order valence-corrected chi connectivity index (χ0v) is 10.7. The molecule has 1 aromatic carbocycles. The molecule has 0 N–H and O–H groups in total. The molecule has 1 aromatic rings. The van der Waals surface area contributed by atoms with Crippen LogP contribution < -0.4 is 4.90 Å². The summed E-state index contributed by atoms with van der Waals surface area (Å²) in [4.78, 5) is 4.89. The van der Waals surface area contributed by atoms with E-state index in [-0.39, 0.29) is 5.82 Å². The van der Waals surface area contributed by atoms with Crippen LogP contribution in [0.4, 0.5) is 10.1 Å². The first-order chi connectivity index (χ1) is 8.24. The second-order valence-corrected chi connectivity index (χ2v) is 4.61. The molecule has 0 aliphatic carbocycles. The molecule has 1 fully saturated rings. The number of benzene rings is 1. The average Bonchev–Trinajstić information content (AvgIpc) is 2.39. The third-order valence-electron chi connectivity index (χ3n) is 3.67. The van der Waals surface area contributed by atoms with Crippen molar-refractivity contribution in [3.8, 4) is 0 Å². The molecule has 0 radical (unpaired) electrons. The molecule has 2 rings (SSSR count). The van der Waals surface area contributed by atoms with Gasteiger partial charge in [0.25, 0.3) is 0 Å². The van der Waals surface area contributed by atoms with E-state index in [0.29, 0.717) is 6.04 Å². The fourth-order valence-corrected chi connectivity index (χ4v) is 2.58. The minimum Gasteiger partial charge on any atom is -0.369 e. The van der Waals surface area contributed by atoms with Gasteiger partial charge in [0.15, 0.2) is 0 Å². The monoisotopic (exact) mass is 236 g/mol. The lowest BCUT2D eigenvalue weighted by Gasteiger charge is -2.41. The molecule has 1 saturated heterocycles. The van der Waals surface area contributed by atoms with Crippen molar-refractivity contribution in [2.24, 2.45) is 0 Å². The van der Waals surface area contributed by atoms with Gasteiger partial charge in [0.2, 0.25) is 0 Å². The highest BCUT2D eigenvalue weighted by molar-refractivity contribution is 5.46. The van der Waals surface area contributed by atoms with E-state index in [4.69, 9.17) is 0 Å². The van der Waals surface area contributed by atoms with Crippen molar-refractivity contribution in [2.45, 2.75) is 26.3 Å². The summed E-state index contributed by atoms with van der Waals surface area (Å²) in [5, 5.41) is 0. The number of hydrogen-bond acceptors (Lipinski definition) is 2. The van der Waals surface area contributed by atoms with Gasteiger partial charge in [-0.05, 0) is 37.2 Å². The van der Waals surface area contributed by atoms with Crippen LogP contribution in [0.15, 0.2) is 24.3 Å². The van der Waals surface area contributed by atoms with Crippen LogP contribution in [0, 0.1) is 5.82 Å². The van der Waals surface area contributed by atoms with E-state index < -0.39 is 0 Å². The van der Waals surface area contributed by atoms with E-state index in [1.54, 1.807) is 12.1 Å². The highest BCUT2D eigenvalue weighted by atomic mass is 19.1. The van der Waals surface area contributed by atoms with E-state index in [0.717, 1.165) is 31.9 Å². The molecule has 0 unspecified atom stereocenters. The lowest BCUT2D eigenvalue weighted by Crippen LogP contribution is -2.52. The normalized spacial score (nSPS) is 21.8. The number of halogens is 1. The summed E-state index contributed by atoms with van der Waals surface area (Å²) in [6.45, 7) is 8.77. The maximum Gasteiger partial charge on any atom is 0.123 e.